The van der Waals surface area contributed by atoms with E-state index in [9.17, 15) is 4.79 Å². The van der Waals surface area contributed by atoms with Crippen LogP contribution in [0.15, 0.2) is 33.3 Å². The summed E-state index contributed by atoms with van der Waals surface area (Å²) in [5.41, 5.74) is 2.15. The predicted octanol–water partition coefficient (Wildman–Crippen LogP) is 3.42. The molecule has 0 unspecified atom stereocenters. The Balaban J connectivity index is 2.69. The Morgan fingerprint density at radius 1 is 1.31 bits per heavy atom. The molecule has 16 heavy (non-hydrogen) atoms. The highest BCUT2D eigenvalue weighted by Gasteiger charge is 2.16. The average molecular weight is 344 g/mol. The summed E-state index contributed by atoms with van der Waals surface area (Å²) in [5, 5.41) is 4.32. The third kappa shape index (κ3) is 1.85. The van der Waals surface area contributed by atoms with E-state index >= 15 is 0 Å². The first-order valence-corrected chi connectivity index (χ1v) is 6.16. The van der Waals surface area contributed by atoms with Gasteiger partial charge < -0.3 is 0 Å². The highest BCUT2D eigenvalue weighted by atomic mass is 79.9. The molecule has 0 amide bonds. The first-order chi connectivity index (χ1) is 7.65. The van der Waals surface area contributed by atoms with E-state index in [-0.39, 0.29) is 0 Å². The van der Waals surface area contributed by atoms with Crippen LogP contribution in [0.25, 0.3) is 11.3 Å². The molecule has 0 aliphatic rings. The van der Waals surface area contributed by atoms with Crippen LogP contribution in [0.5, 0.6) is 0 Å². The third-order valence-corrected chi connectivity index (χ3v) is 3.89. The van der Waals surface area contributed by atoms with E-state index in [0.717, 1.165) is 16.3 Å². The lowest BCUT2D eigenvalue weighted by molar-refractivity contribution is 0.112. The Bertz CT molecular complexity index is 549. The van der Waals surface area contributed by atoms with Crippen molar-refractivity contribution >= 4 is 38.1 Å². The van der Waals surface area contributed by atoms with E-state index in [1.807, 2.05) is 24.3 Å². The van der Waals surface area contributed by atoms with Gasteiger partial charge >= 0.3 is 0 Å². The first kappa shape index (κ1) is 11.5. The summed E-state index contributed by atoms with van der Waals surface area (Å²) in [5.74, 6) is 0. The summed E-state index contributed by atoms with van der Waals surface area (Å²) < 4.78 is 3.25. The van der Waals surface area contributed by atoms with Gasteiger partial charge in [0.2, 0.25) is 0 Å². The zero-order valence-electron chi connectivity index (χ0n) is 8.45. The minimum atomic E-state index is 0.564. The van der Waals surface area contributed by atoms with Gasteiger partial charge in [-0.15, -0.1) is 0 Å². The number of aromatic nitrogens is 2. The van der Waals surface area contributed by atoms with E-state index in [1.165, 1.54) is 0 Å². The molecule has 1 heterocycles. The van der Waals surface area contributed by atoms with Gasteiger partial charge in [0.15, 0.2) is 6.29 Å². The number of hydrogen-bond donors (Lipinski definition) is 0. The van der Waals surface area contributed by atoms with Crippen molar-refractivity contribution in [2.45, 2.75) is 0 Å². The third-order valence-electron chi connectivity index (χ3n) is 2.26. The molecule has 0 bridgehead atoms. The van der Waals surface area contributed by atoms with Crippen molar-refractivity contribution in [2.24, 2.45) is 7.05 Å². The molecule has 2 rings (SSSR count). The molecule has 0 N–H and O–H groups in total. The molecule has 1 aromatic heterocycles. The number of carbonyl (C=O) groups excluding carboxylic acids is 1. The topological polar surface area (TPSA) is 34.9 Å². The molecular weight excluding hydrogens is 336 g/mol. The van der Waals surface area contributed by atoms with Crippen LogP contribution in [-0.2, 0) is 7.05 Å². The predicted molar refractivity (Wildman–Crippen MR) is 69.4 cm³/mol. The van der Waals surface area contributed by atoms with Crippen LogP contribution in [0.4, 0.5) is 0 Å². The Kier molecular flexibility index (Phi) is 3.25. The number of aldehydes is 1. The van der Waals surface area contributed by atoms with Crippen LogP contribution in [0.2, 0.25) is 0 Å². The van der Waals surface area contributed by atoms with E-state index in [2.05, 4.69) is 37.0 Å². The summed E-state index contributed by atoms with van der Waals surface area (Å²) in [6, 6.07) is 7.68. The van der Waals surface area contributed by atoms with Crippen LogP contribution in [-0.4, -0.2) is 16.1 Å². The number of nitrogens with zero attached hydrogens (tertiary/aromatic N) is 2. The van der Waals surface area contributed by atoms with Crippen LogP contribution in [0.3, 0.4) is 0 Å². The molecule has 0 saturated carbocycles. The summed E-state index contributed by atoms with van der Waals surface area (Å²) in [7, 11) is 1.79. The second-order valence-corrected chi connectivity index (χ2v) is 4.88. The van der Waals surface area contributed by atoms with Gasteiger partial charge in [-0.3, -0.25) is 9.48 Å². The number of halogens is 2. The van der Waals surface area contributed by atoms with Crippen molar-refractivity contribution in [1.29, 1.82) is 0 Å². The number of benzene rings is 1. The number of carbonyl (C=O) groups is 1. The molecule has 1 aromatic carbocycles. The quantitative estimate of drug-likeness (QED) is 0.783. The molecule has 0 saturated heterocycles. The molecule has 0 spiro atoms. The second kappa shape index (κ2) is 4.51. The molecular formula is C11H8Br2N2O. The zero-order chi connectivity index (χ0) is 11.7. The minimum Gasteiger partial charge on any atom is -0.298 e. The summed E-state index contributed by atoms with van der Waals surface area (Å²) >= 11 is 6.79. The lowest BCUT2D eigenvalue weighted by Gasteiger charge is -2.00. The van der Waals surface area contributed by atoms with Gasteiger partial charge in [0, 0.05) is 17.1 Å². The van der Waals surface area contributed by atoms with Crippen molar-refractivity contribution in [2.75, 3.05) is 0 Å². The first-order valence-electron chi connectivity index (χ1n) is 4.57. The Morgan fingerprint density at radius 3 is 2.62 bits per heavy atom. The Morgan fingerprint density at radius 2 is 2.00 bits per heavy atom. The lowest BCUT2D eigenvalue weighted by Crippen LogP contribution is -1.90. The molecule has 0 aliphatic carbocycles. The maximum absolute atomic E-state index is 11.0. The fraction of sp³-hybridized carbons (Fsp3) is 0.0909. The lowest BCUT2D eigenvalue weighted by atomic mass is 10.1. The molecule has 0 fully saturated rings. The van der Waals surface area contributed by atoms with Crippen molar-refractivity contribution in [3.8, 4) is 11.3 Å². The van der Waals surface area contributed by atoms with E-state index in [0.29, 0.717) is 15.9 Å². The van der Waals surface area contributed by atoms with Gasteiger partial charge in [-0.25, -0.2) is 0 Å². The van der Waals surface area contributed by atoms with Gasteiger partial charge in [-0.2, -0.15) is 5.10 Å². The highest BCUT2D eigenvalue weighted by Crippen LogP contribution is 2.31. The Hall–Kier alpha value is -0.940. The summed E-state index contributed by atoms with van der Waals surface area (Å²) in [6.07, 6.45) is 0.811. The van der Waals surface area contributed by atoms with Gasteiger partial charge in [0.1, 0.15) is 10.3 Å². The largest absolute Gasteiger partial charge is 0.298 e. The summed E-state index contributed by atoms with van der Waals surface area (Å²) in [6.45, 7) is 0. The fourth-order valence-corrected chi connectivity index (χ4v) is 2.31. The molecule has 3 nitrogen and oxygen atoms in total. The maximum atomic E-state index is 11.0. The molecule has 5 heteroatoms. The zero-order valence-corrected chi connectivity index (χ0v) is 11.6. The van der Waals surface area contributed by atoms with E-state index in [4.69, 9.17) is 0 Å². The van der Waals surface area contributed by atoms with Gasteiger partial charge in [-0.1, -0.05) is 34.1 Å². The normalized spacial score (nSPS) is 10.4. The smallest absolute Gasteiger partial charge is 0.155 e. The second-order valence-electron chi connectivity index (χ2n) is 3.27. The standard InChI is InChI=1S/C11H8Br2N2O/c1-15-11(13)8(6-16)10(14-15)7-4-2-3-5-9(7)12/h2-6H,1H3. The van der Waals surface area contributed by atoms with Gasteiger partial charge in [0.05, 0.1) is 5.56 Å². The van der Waals surface area contributed by atoms with Crippen LogP contribution in [0, 0.1) is 0 Å². The number of aryl methyl sites for hydroxylation is 1. The molecule has 0 radical (unpaired) electrons. The molecule has 0 atom stereocenters. The maximum Gasteiger partial charge on any atom is 0.155 e. The van der Waals surface area contributed by atoms with Crippen LogP contribution in [0.1, 0.15) is 10.4 Å². The molecule has 82 valence electrons. The fourth-order valence-electron chi connectivity index (χ4n) is 1.48. The summed E-state index contributed by atoms with van der Waals surface area (Å²) in [4.78, 5) is 11.0. The van der Waals surface area contributed by atoms with E-state index < -0.39 is 0 Å². The highest BCUT2D eigenvalue weighted by molar-refractivity contribution is 9.10. The van der Waals surface area contributed by atoms with Gasteiger partial charge in [-0.05, 0) is 22.0 Å². The van der Waals surface area contributed by atoms with Crippen molar-refractivity contribution in [1.82, 2.24) is 9.78 Å². The number of hydrogen-bond acceptors (Lipinski definition) is 2. The molecule has 2 aromatic rings. The van der Waals surface area contributed by atoms with Crippen molar-refractivity contribution in [3.63, 3.8) is 0 Å². The Labute approximate surface area is 110 Å². The minimum absolute atomic E-state index is 0.564. The molecule has 0 aliphatic heterocycles. The number of rotatable bonds is 2. The van der Waals surface area contributed by atoms with E-state index in [1.54, 1.807) is 11.7 Å². The van der Waals surface area contributed by atoms with Gasteiger partial charge in [0.25, 0.3) is 0 Å². The SMILES string of the molecule is Cn1nc(-c2ccccc2Br)c(C=O)c1Br. The average Bonchev–Trinajstić information content (AvgIpc) is 2.56. The monoisotopic (exact) mass is 342 g/mol. The van der Waals surface area contributed by atoms with Crippen molar-refractivity contribution in [3.05, 3.63) is 38.9 Å². The van der Waals surface area contributed by atoms with Crippen molar-refractivity contribution < 1.29 is 4.79 Å². The van der Waals surface area contributed by atoms with Crippen LogP contribution < -0.4 is 0 Å². The van der Waals surface area contributed by atoms with Crippen LogP contribution >= 0.6 is 31.9 Å².